The summed E-state index contributed by atoms with van der Waals surface area (Å²) in [6.07, 6.45) is -0.713. The maximum atomic E-state index is 11.1. The summed E-state index contributed by atoms with van der Waals surface area (Å²) in [6.45, 7) is 5.08. The maximum Gasteiger partial charge on any atom is 0.409 e. The minimum atomic E-state index is -0.394. The van der Waals surface area contributed by atoms with Gasteiger partial charge in [-0.1, -0.05) is 6.92 Å². The molecule has 1 heterocycles. The molecule has 0 bridgehead atoms. The molecule has 1 amide bonds. The van der Waals surface area contributed by atoms with Crippen LogP contribution in [-0.4, -0.2) is 41.9 Å². The topological polar surface area (TPSA) is 49.8 Å². The molecule has 0 aliphatic carbocycles. The second kappa shape index (κ2) is 3.76. The molecule has 1 N–H and O–H groups in total. The van der Waals surface area contributed by atoms with E-state index in [-0.39, 0.29) is 12.0 Å². The minimum absolute atomic E-state index is 0.161. The Kier molecular flexibility index (Phi) is 2.92. The van der Waals surface area contributed by atoms with Crippen LogP contribution in [0.2, 0.25) is 0 Å². The molecule has 0 saturated carbocycles. The first-order valence-corrected chi connectivity index (χ1v) is 4.25. The summed E-state index contributed by atoms with van der Waals surface area (Å²) >= 11 is 0. The number of rotatable bonds is 1. The van der Waals surface area contributed by atoms with Crippen LogP contribution in [0, 0.1) is 5.92 Å². The highest BCUT2D eigenvalue weighted by atomic mass is 16.6. The van der Waals surface area contributed by atoms with Gasteiger partial charge in [-0.05, 0) is 6.92 Å². The van der Waals surface area contributed by atoms with Gasteiger partial charge in [0.15, 0.2) is 0 Å². The van der Waals surface area contributed by atoms with E-state index in [1.165, 1.54) is 0 Å². The summed E-state index contributed by atoms with van der Waals surface area (Å²) in [7, 11) is 0. The summed E-state index contributed by atoms with van der Waals surface area (Å²) in [4.78, 5) is 12.7. The number of β-amino-alcohol motifs (C(OH)–C–C–N with tert-alkyl or cyclic N) is 1. The van der Waals surface area contributed by atoms with Gasteiger partial charge in [0.2, 0.25) is 0 Å². The van der Waals surface area contributed by atoms with Crippen LogP contribution in [0.15, 0.2) is 0 Å². The first-order chi connectivity index (χ1) is 5.65. The Morgan fingerprint density at radius 1 is 1.67 bits per heavy atom. The average Bonchev–Trinajstić information content (AvgIpc) is 2.33. The van der Waals surface area contributed by atoms with Gasteiger partial charge < -0.3 is 14.7 Å². The Morgan fingerprint density at radius 2 is 2.33 bits per heavy atom. The Hall–Kier alpha value is -0.770. The molecule has 70 valence electrons. The highest BCUT2D eigenvalue weighted by molar-refractivity contribution is 5.68. The van der Waals surface area contributed by atoms with Crippen LogP contribution >= 0.6 is 0 Å². The molecule has 1 fully saturated rings. The highest BCUT2D eigenvalue weighted by Crippen LogP contribution is 2.16. The first kappa shape index (κ1) is 9.32. The predicted molar refractivity (Wildman–Crippen MR) is 43.8 cm³/mol. The molecule has 0 spiro atoms. The molecule has 2 atom stereocenters. The van der Waals surface area contributed by atoms with Crippen LogP contribution in [-0.2, 0) is 4.74 Å². The number of aliphatic hydroxyl groups excluding tert-OH is 1. The number of ether oxygens (including phenoxy) is 1. The molecular formula is C8H15NO3. The predicted octanol–water partition coefficient (Wildman–Crippen LogP) is 0.455. The number of nitrogens with zero attached hydrogens (tertiary/aromatic N) is 1. The molecule has 0 radical (unpaired) electrons. The van der Waals surface area contributed by atoms with E-state index in [2.05, 4.69) is 0 Å². The molecule has 12 heavy (non-hydrogen) atoms. The molecule has 1 saturated heterocycles. The van der Waals surface area contributed by atoms with Crippen LogP contribution in [0.3, 0.4) is 0 Å². The standard InChI is InChI=1S/C8H15NO3/c1-3-12-8(11)9-4-6(2)7(10)5-9/h6-7,10H,3-5H2,1-2H3. The average molecular weight is 173 g/mol. The molecule has 4 heteroatoms. The van der Waals surface area contributed by atoms with E-state index in [0.717, 1.165) is 0 Å². The largest absolute Gasteiger partial charge is 0.450 e. The van der Waals surface area contributed by atoms with Crippen molar-refractivity contribution in [2.75, 3.05) is 19.7 Å². The minimum Gasteiger partial charge on any atom is -0.450 e. The fraction of sp³-hybridized carbons (Fsp3) is 0.875. The number of aliphatic hydroxyl groups is 1. The summed E-state index contributed by atoms with van der Waals surface area (Å²) in [5.41, 5.74) is 0. The van der Waals surface area contributed by atoms with Crippen molar-refractivity contribution in [1.82, 2.24) is 4.90 Å². The second-order valence-electron chi connectivity index (χ2n) is 3.15. The molecule has 0 aromatic rings. The molecule has 4 nitrogen and oxygen atoms in total. The van der Waals surface area contributed by atoms with Crippen LogP contribution < -0.4 is 0 Å². The van der Waals surface area contributed by atoms with Crippen LogP contribution in [0.25, 0.3) is 0 Å². The summed E-state index contributed by atoms with van der Waals surface area (Å²) < 4.78 is 4.80. The molecule has 1 aliphatic heterocycles. The van der Waals surface area contributed by atoms with E-state index >= 15 is 0 Å². The highest BCUT2D eigenvalue weighted by Gasteiger charge is 2.31. The van der Waals surface area contributed by atoms with Crippen molar-refractivity contribution >= 4 is 6.09 Å². The van der Waals surface area contributed by atoms with Crippen molar-refractivity contribution in [1.29, 1.82) is 0 Å². The van der Waals surface area contributed by atoms with Crippen LogP contribution in [0.5, 0.6) is 0 Å². The number of carbonyl (C=O) groups is 1. The number of amides is 1. The normalized spacial score (nSPS) is 29.1. The second-order valence-corrected chi connectivity index (χ2v) is 3.15. The zero-order chi connectivity index (χ0) is 9.14. The SMILES string of the molecule is CCOC(=O)N1CC(C)C(O)C1. The van der Waals surface area contributed by atoms with Crippen molar-refractivity contribution in [3.8, 4) is 0 Å². The van der Waals surface area contributed by atoms with Crippen LogP contribution in [0.1, 0.15) is 13.8 Å². The van der Waals surface area contributed by atoms with Gasteiger partial charge in [0.25, 0.3) is 0 Å². The van der Waals surface area contributed by atoms with E-state index in [1.54, 1.807) is 11.8 Å². The lowest BCUT2D eigenvalue weighted by molar-refractivity contribution is 0.107. The molecule has 1 rings (SSSR count). The van der Waals surface area contributed by atoms with Crippen molar-refractivity contribution in [3.63, 3.8) is 0 Å². The molecule has 0 aromatic heterocycles. The number of carbonyl (C=O) groups excluding carboxylic acids is 1. The molecule has 0 aromatic carbocycles. The lowest BCUT2D eigenvalue weighted by Crippen LogP contribution is -2.30. The number of likely N-dealkylation sites (tertiary alicyclic amines) is 1. The Labute approximate surface area is 72.1 Å². The van der Waals surface area contributed by atoms with E-state index in [4.69, 9.17) is 4.74 Å². The number of hydrogen-bond acceptors (Lipinski definition) is 3. The van der Waals surface area contributed by atoms with Crippen molar-refractivity contribution < 1.29 is 14.6 Å². The maximum absolute atomic E-state index is 11.1. The lowest BCUT2D eigenvalue weighted by atomic mass is 10.1. The fourth-order valence-corrected chi connectivity index (χ4v) is 1.31. The van der Waals surface area contributed by atoms with Crippen molar-refractivity contribution in [2.24, 2.45) is 5.92 Å². The Bertz CT molecular complexity index is 162. The summed E-state index contributed by atoms with van der Waals surface area (Å²) in [5, 5.41) is 9.34. The third-order valence-corrected chi connectivity index (χ3v) is 2.10. The quantitative estimate of drug-likeness (QED) is 0.626. The van der Waals surface area contributed by atoms with Crippen molar-refractivity contribution in [2.45, 2.75) is 20.0 Å². The monoisotopic (exact) mass is 173 g/mol. The summed E-state index contributed by atoms with van der Waals surface area (Å²) in [5.74, 6) is 0.161. The third-order valence-electron chi connectivity index (χ3n) is 2.10. The molecule has 1 aliphatic rings. The Morgan fingerprint density at radius 3 is 2.75 bits per heavy atom. The fourth-order valence-electron chi connectivity index (χ4n) is 1.31. The molecular weight excluding hydrogens is 158 g/mol. The van der Waals surface area contributed by atoms with E-state index < -0.39 is 6.10 Å². The van der Waals surface area contributed by atoms with E-state index in [1.807, 2.05) is 6.92 Å². The first-order valence-electron chi connectivity index (χ1n) is 4.25. The van der Waals surface area contributed by atoms with E-state index in [0.29, 0.717) is 19.7 Å². The zero-order valence-corrected chi connectivity index (χ0v) is 7.49. The van der Waals surface area contributed by atoms with Gasteiger partial charge in [0, 0.05) is 12.5 Å². The smallest absolute Gasteiger partial charge is 0.409 e. The number of hydrogen-bond donors (Lipinski definition) is 1. The van der Waals surface area contributed by atoms with Crippen LogP contribution in [0.4, 0.5) is 4.79 Å². The Balaban J connectivity index is 2.40. The lowest BCUT2D eigenvalue weighted by Gasteiger charge is -2.14. The van der Waals surface area contributed by atoms with Gasteiger partial charge in [-0.2, -0.15) is 0 Å². The van der Waals surface area contributed by atoms with Gasteiger partial charge in [0.05, 0.1) is 19.3 Å². The van der Waals surface area contributed by atoms with Gasteiger partial charge in [-0.3, -0.25) is 0 Å². The zero-order valence-electron chi connectivity index (χ0n) is 7.49. The van der Waals surface area contributed by atoms with Gasteiger partial charge in [-0.25, -0.2) is 4.79 Å². The van der Waals surface area contributed by atoms with Crippen molar-refractivity contribution in [3.05, 3.63) is 0 Å². The molecule has 2 unspecified atom stereocenters. The van der Waals surface area contributed by atoms with Gasteiger partial charge >= 0.3 is 6.09 Å². The van der Waals surface area contributed by atoms with Gasteiger partial charge in [-0.15, -0.1) is 0 Å². The summed E-state index contributed by atoms with van der Waals surface area (Å²) in [6, 6.07) is 0. The third kappa shape index (κ3) is 1.88. The van der Waals surface area contributed by atoms with Gasteiger partial charge in [0.1, 0.15) is 0 Å². The van der Waals surface area contributed by atoms with E-state index in [9.17, 15) is 9.90 Å².